The summed E-state index contributed by atoms with van der Waals surface area (Å²) in [5.74, 6) is -0.695. The van der Waals surface area contributed by atoms with Gasteiger partial charge in [0.1, 0.15) is 39.9 Å². The number of nitrogens with two attached hydrogens (primary N) is 1. The topological polar surface area (TPSA) is 139 Å². The highest BCUT2D eigenvalue weighted by Gasteiger charge is 2.35. The van der Waals surface area contributed by atoms with Crippen molar-refractivity contribution in [3.8, 4) is 40.4 Å². The summed E-state index contributed by atoms with van der Waals surface area (Å²) in [6.07, 6.45) is 0. The number of hydrogen-bond donors (Lipinski definition) is 3. The minimum Gasteiger partial charge on any atom is -0.507 e. The summed E-state index contributed by atoms with van der Waals surface area (Å²) in [7, 11) is 0. The first-order chi connectivity index (χ1) is 16.9. The van der Waals surface area contributed by atoms with Gasteiger partial charge in [0.05, 0.1) is 18.1 Å². The van der Waals surface area contributed by atoms with Crippen molar-refractivity contribution < 1.29 is 24.1 Å². The second-order valence-electron chi connectivity index (χ2n) is 7.94. The van der Waals surface area contributed by atoms with E-state index in [1.807, 2.05) is 18.2 Å². The van der Waals surface area contributed by atoms with Crippen molar-refractivity contribution in [1.29, 1.82) is 5.26 Å². The Balaban J connectivity index is 1.86. The summed E-state index contributed by atoms with van der Waals surface area (Å²) < 4.78 is 17.4. The Hall–Kier alpha value is -4.90. The minimum atomic E-state index is -0.819. The first-order valence-electron chi connectivity index (χ1n) is 10.8. The number of nitriles is 1. The summed E-state index contributed by atoms with van der Waals surface area (Å²) in [5.41, 5.74) is 7.36. The van der Waals surface area contributed by atoms with Gasteiger partial charge >= 0.3 is 0 Å². The van der Waals surface area contributed by atoms with Crippen LogP contribution in [0, 0.1) is 11.3 Å². The van der Waals surface area contributed by atoms with E-state index < -0.39 is 11.3 Å². The molecule has 1 aliphatic rings. The van der Waals surface area contributed by atoms with Gasteiger partial charge in [0.25, 0.3) is 0 Å². The van der Waals surface area contributed by atoms with E-state index in [2.05, 4.69) is 6.07 Å². The first-order valence-corrected chi connectivity index (χ1v) is 10.8. The third-order valence-electron chi connectivity index (χ3n) is 5.84. The van der Waals surface area contributed by atoms with Crippen molar-refractivity contribution in [1.82, 2.24) is 0 Å². The molecule has 0 fully saturated rings. The van der Waals surface area contributed by atoms with Gasteiger partial charge in [-0.2, -0.15) is 5.26 Å². The van der Waals surface area contributed by atoms with Crippen LogP contribution in [0.5, 0.6) is 23.0 Å². The molecule has 0 bridgehead atoms. The van der Waals surface area contributed by atoms with E-state index in [0.717, 1.165) is 0 Å². The monoisotopic (exact) mass is 468 g/mol. The van der Waals surface area contributed by atoms with Gasteiger partial charge in [0.15, 0.2) is 16.9 Å². The third-order valence-corrected chi connectivity index (χ3v) is 5.84. The molecule has 4 aromatic rings. The number of phenolic OH excluding ortho intramolecular Hbond substituents is 2. The molecule has 1 aromatic heterocycles. The van der Waals surface area contributed by atoms with Crippen molar-refractivity contribution in [2.75, 3.05) is 6.61 Å². The Morgan fingerprint density at radius 1 is 1.09 bits per heavy atom. The van der Waals surface area contributed by atoms with Crippen molar-refractivity contribution in [2.45, 2.75) is 12.8 Å². The van der Waals surface area contributed by atoms with Crippen LogP contribution in [-0.2, 0) is 0 Å². The summed E-state index contributed by atoms with van der Waals surface area (Å²) >= 11 is 0. The van der Waals surface area contributed by atoms with Gasteiger partial charge in [-0.15, -0.1) is 0 Å². The molecule has 0 saturated heterocycles. The molecule has 8 nitrogen and oxygen atoms in total. The van der Waals surface area contributed by atoms with E-state index in [1.165, 1.54) is 18.2 Å². The molecule has 1 unspecified atom stereocenters. The molecule has 0 aliphatic carbocycles. The molecule has 174 valence electrons. The van der Waals surface area contributed by atoms with Gasteiger partial charge in [0, 0.05) is 17.7 Å². The van der Waals surface area contributed by atoms with Crippen LogP contribution in [0.25, 0.3) is 22.3 Å². The number of benzene rings is 3. The quantitative estimate of drug-likeness (QED) is 0.398. The number of allylic oxidation sites excluding steroid dienone is 1. The smallest absolute Gasteiger partial charge is 0.205 e. The molecule has 0 amide bonds. The van der Waals surface area contributed by atoms with Gasteiger partial charge in [-0.05, 0) is 24.6 Å². The van der Waals surface area contributed by atoms with Crippen molar-refractivity contribution in [2.24, 2.45) is 5.73 Å². The normalized spacial score (nSPS) is 14.8. The number of fused-ring (bicyclic) bond motifs is 3. The van der Waals surface area contributed by atoms with Gasteiger partial charge < -0.3 is 29.8 Å². The SMILES string of the molecule is CCOc1cc(C2C(C#N)=C(N)Oc3cc(O)c4c(=O)cc(-c5ccccc5)oc4c32)ccc1O. The molecule has 1 atom stereocenters. The zero-order valence-corrected chi connectivity index (χ0v) is 18.6. The average molecular weight is 468 g/mol. The standard InChI is InChI=1S/C27H20N2O6/c1-2-33-21-10-15(8-9-17(21)30)23-16(13-28)27(29)35-22-12-19(32)24-18(31)11-20(34-26(24)25(22)23)14-6-4-3-5-7-14/h3-12,23,30,32H,2,29H2,1H3. The number of aromatic hydroxyl groups is 2. The highest BCUT2D eigenvalue weighted by molar-refractivity contribution is 5.91. The molecular formula is C27H20N2O6. The van der Waals surface area contributed by atoms with Crippen LogP contribution in [-0.4, -0.2) is 16.8 Å². The van der Waals surface area contributed by atoms with E-state index in [4.69, 9.17) is 19.6 Å². The second-order valence-corrected chi connectivity index (χ2v) is 7.94. The molecule has 1 aliphatic heterocycles. The fraction of sp³-hybridized carbons (Fsp3) is 0.111. The summed E-state index contributed by atoms with van der Waals surface area (Å²) in [6, 6.07) is 18.4. The summed E-state index contributed by atoms with van der Waals surface area (Å²) in [4.78, 5) is 13.1. The minimum absolute atomic E-state index is 0.0430. The molecule has 0 spiro atoms. The number of phenols is 2. The summed E-state index contributed by atoms with van der Waals surface area (Å²) in [5, 5.41) is 30.8. The average Bonchev–Trinajstić information content (AvgIpc) is 2.85. The predicted octanol–water partition coefficient (Wildman–Crippen LogP) is 4.49. The molecule has 4 N–H and O–H groups in total. The van der Waals surface area contributed by atoms with Crippen molar-refractivity contribution >= 4 is 11.0 Å². The highest BCUT2D eigenvalue weighted by Crippen LogP contribution is 2.49. The van der Waals surface area contributed by atoms with Crippen LogP contribution in [0.4, 0.5) is 0 Å². The maximum absolute atomic E-state index is 13.1. The zero-order chi connectivity index (χ0) is 24.7. The fourth-order valence-electron chi connectivity index (χ4n) is 4.31. The van der Waals surface area contributed by atoms with Crippen LogP contribution in [0.1, 0.15) is 24.0 Å². The lowest BCUT2D eigenvalue weighted by molar-refractivity contribution is 0.317. The van der Waals surface area contributed by atoms with E-state index in [0.29, 0.717) is 23.3 Å². The number of nitrogens with zero attached hydrogens (tertiary/aromatic N) is 1. The largest absolute Gasteiger partial charge is 0.507 e. The van der Waals surface area contributed by atoms with Crippen molar-refractivity contribution in [3.63, 3.8) is 0 Å². The Kier molecular flexibility index (Phi) is 5.30. The predicted molar refractivity (Wildman–Crippen MR) is 128 cm³/mol. The van der Waals surface area contributed by atoms with Crippen molar-refractivity contribution in [3.05, 3.63) is 93.5 Å². The van der Waals surface area contributed by atoms with Crippen LogP contribution in [0.2, 0.25) is 0 Å². The van der Waals surface area contributed by atoms with Gasteiger partial charge in [-0.25, -0.2) is 0 Å². The Morgan fingerprint density at radius 2 is 1.86 bits per heavy atom. The fourth-order valence-corrected chi connectivity index (χ4v) is 4.31. The molecule has 0 saturated carbocycles. The lowest BCUT2D eigenvalue weighted by atomic mass is 9.82. The molecular weight excluding hydrogens is 448 g/mol. The number of hydrogen-bond acceptors (Lipinski definition) is 8. The first kappa shape index (κ1) is 21.9. The molecule has 5 rings (SSSR count). The third kappa shape index (κ3) is 3.60. The van der Waals surface area contributed by atoms with Gasteiger partial charge in [0.2, 0.25) is 5.88 Å². The molecule has 0 radical (unpaired) electrons. The highest BCUT2D eigenvalue weighted by atomic mass is 16.5. The zero-order valence-electron chi connectivity index (χ0n) is 18.6. The van der Waals surface area contributed by atoms with E-state index >= 15 is 0 Å². The van der Waals surface area contributed by atoms with Crippen LogP contribution < -0.4 is 20.6 Å². The second kappa shape index (κ2) is 8.47. The Bertz CT molecular complexity index is 1600. The number of rotatable bonds is 4. The maximum Gasteiger partial charge on any atom is 0.205 e. The van der Waals surface area contributed by atoms with E-state index in [9.17, 15) is 20.3 Å². The van der Waals surface area contributed by atoms with E-state index in [1.54, 1.807) is 31.2 Å². The summed E-state index contributed by atoms with van der Waals surface area (Å²) in [6.45, 7) is 2.10. The Labute approximate surface area is 199 Å². The lowest BCUT2D eigenvalue weighted by Crippen LogP contribution is -2.22. The number of ether oxygens (including phenoxy) is 2. The molecule has 3 aromatic carbocycles. The molecule has 35 heavy (non-hydrogen) atoms. The van der Waals surface area contributed by atoms with Gasteiger partial charge in [-0.1, -0.05) is 36.4 Å². The molecule has 2 heterocycles. The van der Waals surface area contributed by atoms with Crippen LogP contribution in [0.3, 0.4) is 0 Å². The Morgan fingerprint density at radius 3 is 2.57 bits per heavy atom. The van der Waals surface area contributed by atoms with Crippen LogP contribution >= 0.6 is 0 Å². The van der Waals surface area contributed by atoms with E-state index in [-0.39, 0.29) is 51.2 Å². The lowest BCUT2D eigenvalue weighted by Gasteiger charge is -2.27. The van der Waals surface area contributed by atoms with Gasteiger partial charge in [-0.3, -0.25) is 4.79 Å². The van der Waals surface area contributed by atoms with Crippen LogP contribution in [0.15, 0.2) is 81.3 Å². The maximum atomic E-state index is 13.1. The molecule has 8 heteroatoms.